The lowest BCUT2D eigenvalue weighted by Gasteiger charge is -2.04. The smallest absolute Gasteiger partial charge is 0.313 e. The Labute approximate surface area is 144 Å². The number of aromatic nitrogens is 4. The molecule has 2 heterocycles. The molecule has 0 amide bonds. The van der Waals surface area contributed by atoms with Crippen molar-refractivity contribution in [3.8, 4) is 28.5 Å². The minimum Gasteiger partial charge on any atom is -0.402 e. The summed E-state index contributed by atoms with van der Waals surface area (Å²) in [5.74, 6) is 0.338. The first kappa shape index (κ1) is 15.1. The van der Waals surface area contributed by atoms with E-state index in [0.29, 0.717) is 11.6 Å². The number of para-hydroxylation sites is 1. The van der Waals surface area contributed by atoms with Crippen LogP contribution in [0.2, 0.25) is 0 Å². The molecule has 2 N–H and O–H groups in total. The second-order valence-electron chi connectivity index (χ2n) is 5.66. The summed E-state index contributed by atoms with van der Waals surface area (Å²) in [6.45, 7) is 2.14. The Morgan fingerprint density at radius 2 is 1.76 bits per heavy atom. The lowest BCUT2D eigenvalue weighted by atomic mass is 10.1. The van der Waals surface area contributed by atoms with Gasteiger partial charge in [0.05, 0.1) is 11.4 Å². The molecule has 2 aromatic carbocycles. The van der Waals surface area contributed by atoms with Crippen LogP contribution in [0.25, 0.3) is 28.5 Å². The van der Waals surface area contributed by atoms with Crippen molar-refractivity contribution in [3.63, 3.8) is 0 Å². The van der Waals surface area contributed by atoms with Gasteiger partial charge in [0.15, 0.2) is 0 Å². The Bertz CT molecular complexity index is 986. The quantitative estimate of drug-likeness (QED) is 0.616. The highest BCUT2D eigenvalue weighted by Crippen LogP contribution is 2.28. The first-order valence-corrected chi connectivity index (χ1v) is 8.09. The molecule has 124 valence electrons. The maximum atomic E-state index is 5.58. The largest absolute Gasteiger partial charge is 0.402 e. The molecular weight excluding hydrogens is 314 g/mol. The Morgan fingerprint density at radius 1 is 1.00 bits per heavy atom. The predicted octanol–water partition coefficient (Wildman–Crippen LogP) is 3.73. The summed E-state index contributed by atoms with van der Waals surface area (Å²) in [6, 6.07) is 20.2. The molecule has 6 heteroatoms. The van der Waals surface area contributed by atoms with E-state index in [1.54, 1.807) is 4.68 Å². The van der Waals surface area contributed by atoms with E-state index in [1.165, 1.54) is 5.56 Å². The van der Waals surface area contributed by atoms with Crippen molar-refractivity contribution in [1.82, 2.24) is 20.0 Å². The minimum atomic E-state index is 0.0321. The van der Waals surface area contributed by atoms with Gasteiger partial charge in [-0.25, -0.2) is 4.68 Å². The van der Waals surface area contributed by atoms with Gasteiger partial charge in [-0.05, 0) is 30.2 Å². The second-order valence-corrected chi connectivity index (χ2v) is 5.66. The zero-order valence-electron chi connectivity index (χ0n) is 13.8. The van der Waals surface area contributed by atoms with E-state index in [2.05, 4.69) is 41.4 Å². The van der Waals surface area contributed by atoms with Crippen LogP contribution in [0, 0.1) is 0 Å². The number of benzene rings is 2. The number of anilines is 1. The number of nitrogens with zero attached hydrogens (tertiary/aromatic N) is 4. The molecule has 0 aliphatic rings. The molecule has 0 saturated heterocycles. The Kier molecular flexibility index (Phi) is 3.78. The number of hydrogen-bond acceptors (Lipinski definition) is 5. The average molecular weight is 331 g/mol. The normalized spacial score (nSPS) is 10.9. The van der Waals surface area contributed by atoms with Gasteiger partial charge in [0.1, 0.15) is 5.69 Å². The lowest BCUT2D eigenvalue weighted by Crippen LogP contribution is -1.99. The van der Waals surface area contributed by atoms with Crippen molar-refractivity contribution >= 4 is 6.01 Å². The van der Waals surface area contributed by atoms with Gasteiger partial charge in [-0.1, -0.05) is 54.5 Å². The van der Waals surface area contributed by atoms with Crippen LogP contribution in [-0.4, -0.2) is 20.0 Å². The van der Waals surface area contributed by atoms with Crippen molar-refractivity contribution in [3.05, 3.63) is 66.2 Å². The molecule has 0 saturated carbocycles. The van der Waals surface area contributed by atoms with Gasteiger partial charge in [-0.3, -0.25) is 0 Å². The lowest BCUT2D eigenvalue weighted by molar-refractivity contribution is 0.584. The van der Waals surface area contributed by atoms with Gasteiger partial charge < -0.3 is 10.2 Å². The molecule has 0 radical (unpaired) electrons. The molecule has 0 bridgehead atoms. The Hall–Kier alpha value is -3.41. The topological polar surface area (TPSA) is 82.8 Å². The fraction of sp³-hybridized carbons (Fsp3) is 0.105. The maximum Gasteiger partial charge on any atom is 0.313 e. The summed E-state index contributed by atoms with van der Waals surface area (Å²) >= 11 is 0. The van der Waals surface area contributed by atoms with Gasteiger partial charge in [0, 0.05) is 5.56 Å². The van der Waals surface area contributed by atoms with E-state index in [-0.39, 0.29) is 6.01 Å². The number of rotatable bonds is 4. The van der Waals surface area contributed by atoms with Gasteiger partial charge in [-0.15, -0.1) is 5.10 Å². The van der Waals surface area contributed by atoms with Crippen LogP contribution in [0.3, 0.4) is 0 Å². The van der Waals surface area contributed by atoms with Crippen LogP contribution in [0.5, 0.6) is 0 Å². The van der Waals surface area contributed by atoms with E-state index in [0.717, 1.165) is 23.4 Å². The minimum absolute atomic E-state index is 0.0321. The molecular formula is C19H17N5O. The van der Waals surface area contributed by atoms with Crippen LogP contribution in [0.4, 0.5) is 6.01 Å². The third-order valence-corrected chi connectivity index (χ3v) is 4.03. The molecule has 0 unspecified atom stereocenters. The first-order chi connectivity index (χ1) is 12.2. The zero-order chi connectivity index (χ0) is 17.2. The van der Waals surface area contributed by atoms with E-state index < -0.39 is 0 Å². The van der Waals surface area contributed by atoms with Crippen molar-refractivity contribution in [2.24, 2.45) is 0 Å². The van der Waals surface area contributed by atoms with E-state index in [1.807, 2.05) is 36.4 Å². The summed E-state index contributed by atoms with van der Waals surface area (Å²) in [5, 5.41) is 12.5. The summed E-state index contributed by atoms with van der Waals surface area (Å²) in [5.41, 5.74) is 10.3. The highest BCUT2D eigenvalue weighted by atomic mass is 16.4. The zero-order valence-corrected chi connectivity index (χ0v) is 13.8. The summed E-state index contributed by atoms with van der Waals surface area (Å²) in [6.07, 6.45) is 1.01. The maximum absolute atomic E-state index is 5.58. The second kappa shape index (κ2) is 6.24. The summed E-state index contributed by atoms with van der Waals surface area (Å²) in [7, 11) is 0. The first-order valence-electron chi connectivity index (χ1n) is 8.09. The van der Waals surface area contributed by atoms with Crippen molar-refractivity contribution in [2.75, 3.05) is 5.73 Å². The van der Waals surface area contributed by atoms with Crippen LogP contribution < -0.4 is 5.73 Å². The van der Waals surface area contributed by atoms with Crippen LogP contribution in [0.1, 0.15) is 12.5 Å². The van der Waals surface area contributed by atoms with Gasteiger partial charge >= 0.3 is 6.01 Å². The van der Waals surface area contributed by atoms with Crippen molar-refractivity contribution < 1.29 is 4.42 Å². The fourth-order valence-electron chi connectivity index (χ4n) is 2.69. The van der Waals surface area contributed by atoms with Crippen molar-refractivity contribution in [2.45, 2.75) is 13.3 Å². The third-order valence-electron chi connectivity index (χ3n) is 4.03. The number of aryl methyl sites for hydroxylation is 1. The van der Waals surface area contributed by atoms with Crippen LogP contribution >= 0.6 is 0 Å². The highest BCUT2D eigenvalue weighted by molar-refractivity contribution is 5.67. The summed E-state index contributed by atoms with van der Waals surface area (Å²) < 4.78 is 7.20. The Balaban J connectivity index is 1.85. The van der Waals surface area contributed by atoms with E-state index in [9.17, 15) is 0 Å². The molecule has 6 nitrogen and oxygen atoms in total. The van der Waals surface area contributed by atoms with Gasteiger partial charge in [-0.2, -0.15) is 5.10 Å². The molecule has 0 atom stereocenters. The van der Waals surface area contributed by atoms with E-state index >= 15 is 0 Å². The molecule has 25 heavy (non-hydrogen) atoms. The van der Waals surface area contributed by atoms with Gasteiger partial charge in [0.2, 0.25) is 0 Å². The molecule has 4 aromatic rings. The van der Waals surface area contributed by atoms with Crippen molar-refractivity contribution in [1.29, 1.82) is 0 Å². The number of nitrogen functional groups attached to an aromatic ring is 1. The monoisotopic (exact) mass is 331 g/mol. The fourth-order valence-corrected chi connectivity index (χ4v) is 2.69. The molecule has 0 fully saturated rings. The van der Waals surface area contributed by atoms with E-state index in [4.69, 9.17) is 15.2 Å². The standard InChI is InChI=1S/C19H17N5O/c1-2-13-8-10-14(11-9-13)16-12-17(18-21-22-19(20)25-18)24(23-16)15-6-4-3-5-7-15/h3-12H,2H2,1H3,(H2,20,22). The number of nitrogens with two attached hydrogens (primary N) is 1. The highest BCUT2D eigenvalue weighted by Gasteiger charge is 2.17. The van der Waals surface area contributed by atoms with Gasteiger partial charge in [0.25, 0.3) is 5.89 Å². The predicted molar refractivity (Wildman–Crippen MR) is 96.1 cm³/mol. The molecule has 2 aromatic heterocycles. The molecule has 4 rings (SSSR count). The average Bonchev–Trinajstić information content (AvgIpc) is 3.29. The van der Waals surface area contributed by atoms with Crippen LogP contribution in [0.15, 0.2) is 65.1 Å². The van der Waals surface area contributed by atoms with Crippen LogP contribution in [-0.2, 0) is 6.42 Å². The Morgan fingerprint density at radius 3 is 2.40 bits per heavy atom. The SMILES string of the molecule is CCc1ccc(-c2cc(-c3nnc(N)o3)n(-c3ccccc3)n2)cc1. The third kappa shape index (κ3) is 2.89. The molecule has 0 spiro atoms. The number of hydrogen-bond donors (Lipinski definition) is 1. The molecule has 0 aliphatic carbocycles. The molecule has 0 aliphatic heterocycles. The summed E-state index contributed by atoms with van der Waals surface area (Å²) in [4.78, 5) is 0.